The van der Waals surface area contributed by atoms with Crippen LogP contribution in [0, 0.1) is 18.6 Å². The van der Waals surface area contributed by atoms with Gasteiger partial charge < -0.3 is 5.11 Å². The number of rotatable bonds is 4. The van der Waals surface area contributed by atoms with E-state index in [-0.39, 0.29) is 30.6 Å². The summed E-state index contributed by atoms with van der Waals surface area (Å²) in [4.78, 5) is 11.4. The first-order valence-electron chi connectivity index (χ1n) is 7.95. The van der Waals surface area contributed by atoms with Crippen LogP contribution >= 0.6 is 0 Å². The summed E-state index contributed by atoms with van der Waals surface area (Å²) in [7, 11) is -3.89. The van der Waals surface area contributed by atoms with Crippen molar-refractivity contribution in [1.29, 1.82) is 0 Å². The zero-order chi connectivity index (χ0) is 19.1. The number of sulfonamides is 1. The molecular weight excluding hydrogens is 364 g/mol. The summed E-state index contributed by atoms with van der Waals surface area (Å²) in [6.45, 7) is 1.59. The van der Waals surface area contributed by atoms with Gasteiger partial charge in [-0.25, -0.2) is 22.0 Å². The second kappa shape index (κ2) is 6.77. The molecule has 0 saturated heterocycles. The highest BCUT2D eigenvalue weighted by atomic mass is 32.2. The molecule has 2 aromatic carbocycles. The van der Waals surface area contributed by atoms with Gasteiger partial charge in [-0.15, -0.1) is 0 Å². The molecule has 0 atom stereocenters. The zero-order valence-electron chi connectivity index (χ0n) is 14.0. The Hall–Kier alpha value is -2.32. The van der Waals surface area contributed by atoms with Gasteiger partial charge in [0.25, 0.3) is 0 Å². The van der Waals surface area contributed by atoms with Crippen LogP contribution in [-0.4, -0.2) is 30.3 Å². The third-order valence-corrected chi connectivity index (χ3v) is 6.25. The van der Waals surface area contributed by atoms with Crippen molar-refractivity contribution >= 4 is 16.0 Å². The van der Waals surface area contributed by atoms with Crippen molar-refractivity contribution in [2.75, 3.05) is 6.54 Å². The molecule has 1 aliphatic rings. The number of nitrogens with zero attached hydrogens (tertiary/aromatic N) is 1. The van der Waals surface area contributed by atoms with E-state index >= 15 is 0 Å². The second-order valence-corrected chi connectivity index (χ2v) is 8.27. The number of carbonyl (C=O) groups is 1. The van der Waals surface area contributed by atoms with Gasteiger partial charge in [0.1, 0.15) is 11.6 Å². The van der Waals surface area contributed by atoms with Crippen LogP contribution in [-0.2, 0) is 28.7 Å². The molecule has 0 saturated carbocycles. The van der Waals surface area contributed by atoms with Crippen LogP contribution in [0.5, 0.6) is 0 Å². The molecule has 1 heterocycles. The first-order valence-corrected chi connectivity index (χ1v) is 9.56. The van der Waals surface area contributed by atoms with E-state index in [0.29, 0.717) is 11.1 Å². The van der Waals surface area contributed by atoms with Gasteiger partial charge in [0.2, 0.25) is 10.0 Å². The molecule has 5 nitrogen and oxygen atoms in total. The van der Waals surface area contributed by atoms with Crippen LogP contribution in [0.25, 0.3) is 0 Å². The Morgan fingerprint density at radius 1 is 1.19 bits per heavy atom. The van der Waals surface area contributed by atoms with Crippen molar-refractivity contribution in [3.05, 3.63) is 69.8 Å². The fourth-order valence-corrected chi connectivity index (χ4v) is 4.61. The third kappa shape index (κ3) is 3.47. The Morgan fingerprint density at radius 2 is 1.92 bits per heavy atom. The molecule has 0 aliphatic carbocycles. The van der Waals surface area contributed by atoms with Crippen molar-refractivity contribution in [3.8, 4) is 0 Å². The molecule has 0 unspecified atom stereocenters. The maximum atomic E-state index is 14.0. The van der Waals surface area contributed by atoms with Gasteiger partial charge in [-0.2, -0.15) is 4.31 Å². The number of fused-ring (bicyclic) bond motifs is 1. The molecular formula is C18H17F2NO4S. The lowest BCUT2D eigenvalue weighted by Gasteiger charge is -2.29. The number of benzene rings is 2. The third-order valence-electron chi connectivity index (χ3n) is 4.48. The quantitative estimate of drug-likeness (QED) is 0.884. The largest absolute Gasteiger partial charge is 0.478 e. The van der Waals surface area contributed by atoms with Crippen molar-refractivity contribution < 1.29 is 27.1 Å². The molecule has 138 valence electrons. The van der Waals surface area contributed by atoms with Crippen molar-refractivity contribution in [3.63, 3.8) is 0 Å². The van der Waals surface area contributed by atoms with Crippen LogP contribution in [0.4, 0.5) is 8.78 Å². The molecule has 1 aliphatic heterocycles. The SMILES string of the molecule is Cc1ccc(CS(=O)(=O)N2CCc3ccc(F)c(C(=O)O)c3C2)c(F)c1. The number of carboxylic acid groups (broad SMARTS) is 1. The minimum atomic E-state index is -3.89. The number of halogens is 2. The number of aryl methyl sites for hydroxylation is 1. The number of aromatic carboxylic acids is 1. The first-order chi connectivity index (χ1) is 12.2. The second-order valence-electron chi connectivity index (χ2n) is 6.30. The van der Waals surface area contributed by atoms with Crippen LogP contribution in [0.2, 0.25) is 0 Å². The summed E-state index contributed by atoms with van der Waals surface area (Å²) in [5.41, 5.74) is 0.966. The summed E-state index contributed by atoms with van der Waals surface area (Å²) in [5, 5.41) is 9.25. The highest BCUT2D eigenvalue weighted by Crippen LogP contribution is 2.28. The molecule has 0 radical (unpaired) electrons. The molecule has 0 fully saturated rings. The molecule has 3 rings (SSSR count). The maximum absolute atomic E-state index is 14.0. The number of carboxylic acids is 1. The van der Waals surface area contributed by atoms with E-state index in [4.69, 9.17) is 0 Å². The van der Waals surface area contributed by atoms with Crippen LogP contribution in [0.1, 0.15) is 32.6 Å². The van der Waals surface area contributed by atoms with Crippen molar-refractivity contribution in [2.24, 2.45) is 0 Å². The maximum Gasteiger partial charge on any atom is 0.339 e. The molecule has 8 heteroatoms. The normalized spacial score (nSPS) is 14.9. The van der Waals surface area contributed by atoms with Gasteiger partial charge >= 0.3 is 5.97 Å². The number of hydrogen-bond acceptors (Lipinski definition) is 3. The molecule has 0 bridgehead atoms. The lowest BCUT2D eigenvalue weighted by molar-refractivity contribution is 0.0689. The van der Waals surface area contributed by atoms with Crippen molar-refractivity contribution in [2.45, 2.75) is 25.6 Å². The van der Waals surface area contributed by atoms with Crippen molar-refractivity contribution in [1.82, 2.24) is 4.31 Å². The summed E-state index contributed by atoms with van der Waals surface area (Å²) in [6.07, 6.45) is 0.269. The first kappa shape index (κ1) is 18.5. The van der Waals surface area contributed by atoms with E-state index in [0.717, 1.165) is 10.4 Å². The predicted octanol–water partition coefficient (Wildman–Crippen LogP) is 2.86. The molecule has 1 N–H and O–H groups in total. The Labute approximate surface area is 149 Å². The topological polar surface area (TPSA) is 74.7 Å². The Kier molecular flexibility index (Phi) is 4.81. The van der Waals surface area contributed by atoms with Gasteiger partial charge in [0.15, 0.2) is 0 Å². The molecule has 0 aromatic heterocycles. The van der Waals surface area contributed by atoms with Crippen LogP contribution < -0.4 is 0 Å². The predicted molar refractivity (Wildman–Crippen MR) is 91.2 cm³/mol. The summed E-state index contributed by atoms with van der Waals surface area (Å²) < 4.78 is 54.3. The minimum absolute atomic E-state index is 0.0408. The van der Waals surface area contributed by atoms with E-state index in [9.17, 15) is 27.1 Å². The standard InChI is InChI=1S/C18H17F2NO4S/c1-11-2-3-13(16(20)8-11)10-26(24,25)21-7-6-12-4-5-15(19)17(18(22)23)14(12)9-21/h2-5,8H,6-7,9-10H2,1H3,(H,22,23). The fraction of sp³-hybridized carbons (Fsp3) is 0.278. The Balaban J connectivity index is 1.92. The van der Waals surface area contributed by atoms with Gasteiger partial charge in [-0.05, 0) is 42.2 Å². The average Bonchev–Trinajstić information content (AvgIpc) is 2.56. The summed E-state index contributed by atoms with van der Waals surface area (Å²) >= 11 is 0. The summed E-state index contributed by atoms with van der Waals surface area (Å²) in [6, 6.07) is 6.85. The highest BCUT2D eigenvalue weighted by Gasteiger charge is 2.31. The van der Waals surface area contributed by atoms with E-state index in [2.05, 4.69) is 0 Å². The van der Waals surface area contributed by atoms with Crippen LogP contribution in [0.3, 0.4) is 0 Å². The van der Waals surface area contributed by atoms with E-state index in [1.54, 1.807) is 13.0 Å². The van der Waals surface area contributed by atoms with Crippen LogP contribution in [0.15, 0.2) is 30.3 Å². The molecule has 26 heavy (non-hydrogen) atoms. The molecule has 0 spiro atoms. The van der Waals surface area contributed by atoms with Gasteiger partial charge in [-0.3, -0.25) is 0 Å². The zero-order valence-corrected chi connectivity index (χ0v) is 14.8. The average molecular weight is 381 g/mol. The van der Waals surface area contributed by atoms with E-state index in [1.165, 1.54) is 18.2 Å². The molecule has 0 amide bonds. The van der Waals surface area contributed by atoms with Gasteiger partial charge in [-0.1, -0.05) is 18.2 Å². The monoisotopic (exact) mass is 381 g/mol. The van der Waals surface area contributed by atoms with Gasteiger partial charge in [0, 0.05) is 18.7 Å². The molecule has 2 aromatic rings. The van der Waals surface area contributed by atoms with E-state index in [1.807, 2.05) is 0 Å². The lowest BCUT2D eigenvalue weighted by atomic mass is 9.95. The highest BCUT2D eigenvalue weighted by molar-refractivity contribution is 7.88. The fourth-order valence-electron chi connectivity index (χ4n) is 3.10. The van der Waals surface area contributed by atoms with Gasteiger partial charge in [0.05, 0.1) is 11.3 Å². The summed E-state index contributed by atoms with van der Waals surface area (Å²) in [5.74, 6) is -3.49. The van der Waals surface area contributed by atoms with E-state index < -0.39 is 38.9 Å². The Morgan fingerprint density at radius 3 is 2.58 bits per heavy atom. The number of hydrogen-bond donors (Lipinski definition) is 1. The minimum Gasteiger partial charge on any atom is -0.478 e. The Bertz CT molecular complexity index is 989. The lowest BCUT2D eigenvalue weighted by Crippen LogP contribution is -2.37. The smallest absolute Gasteiger partial charge is 0.339 e.